The third kappa shape index (κ3) is 5.20. The molecular weight excluding hydrogens is 260 g/mol. The van der Waals surface area contributed by atoms with E-state index in [1.54, 1.807) is 13.8 Å². The molecule has 1 aromatic carbocycles. The molecule has 19 heavy (non-hydrogen) atoms. The van der Waals surface area contributed by atoms with Crippen molar-refractivity contribution in [3.05, 3.63) is 29.8 Å². The van der Waals surface area contributed by atoms with E-state index in [0.717, 1.165) is 24.3 Å². The zero-order valence-electron chi connectivity index (χ0n) is 12.0. The van der Waals surface area contributed by atoms with E-state index in [1.165, 1.54) is 0 Å². The van der Waals surface area contributed by atoms with Crippen LogP contribution in [-0.2, 0) is 16.4 Å². The molecule has 1 rings (SSSR count). The molecule has 108 valence electrons. The van der Waals surface area contributed by atoms with Crippen molar-refractivity contribution in [2.75, 3.05) is 24.6 Å². The highest BCUT2D eigenvalue weighted by Gasteiger charge is 2.17. The maximum Gasteiger partial charge on any atom is 0.153 e. The fraction of sp³-hybridized carbons (Fsp3) is 0.571. The zero-order chi connectivity index (χ0) is 14.5. The molecule has 0 radical (unpaired) electrons. The summed E-state index contributed by atoms with van der Waals surface area (Å²) in [7, 11) is -2.97. The van der Waals surface area contributed by atoms with Crippen molar-refractivity contribution in [3.8, 4) is 0 Å². The van der Waals surface area contributed by atoms with Gasteiger partial charge in [-0.2, -0.15) is 0 Å². The molecule has 0 aliphatic carbocycles. The summed E-state index contributed by atoms with van der Waals surface area (Å²) >= 11 is 0. The van der Waals surface area contributed by atoms with Crippen molar-refractivity contribution in [1.29, 1.82) is 0 Å². The van der Waals surface area contributed by atoms with Crippen molar-refractivity contribution in [1.82, 2.24) is 4.90 Å². The Hall–Kier alpha value is -1.07. The van der Waals surface area contributed by atoms with Crippen LogP contribution in [0.2, 0.25) is 0 Å². The zero-order valence-corrected chi connectivity index (χ0v) is 12.8. The van der Waals surface area contributed by atoms with Gasteiger partial charge in [-0.3, -0.25) is 4.90 Å². The molecule has 0 aliphatic heterocycles. The molecule has 0 saturated carbocycles. The molecule has 5 heteroatoms. The van der Waals surface area contributed by atoms with Gasteiger partial charge >= 0.3 is 0 Å². The Morgan fingerprint density at radius 2 is 2.00 bits per heavy atom. The number of nitrogens with two attached hydrogens (primary N) is 1. The summed E-state index contributed by atoms with van der Waals surface area (Å²) in [6, 6.07) is 7.71. The second kappa shape index (κ2) is 6.91. The van der Waals surface area contributed by atoms with Crippen LogP contribution in [0.1, 0.15) is 26.3 Å². The van der Waals surface area contributed by atoms with Crippen LogP contribution in [0.4, 0.5) is 5.69 Å². The molecule has 0 saturated heterocycles. The molecule has 0 bridgehead atoms. The van der Waals surface area contributed by atoms with Gasteiger partial charge in [0.15, 0.2) is 9.84 Å². The lowest BCUT2D eigenvalue weighted by Crippen LogP contribution is -2.31. The van der Waals surface area contributed by atoms with E-state index in [9.17, 15) is 8.42 Å². The molecule has 0 amide bonds. The molecule has 0 spiro atoms. The van der Waals surface area contributed by atoms with Gasteiger partial charge in [-0.25, -0.2) is 8.42 Å². The Kier molecular flexibility index (Phi) is 5.82. The smallest absolute Gasteiger partial charge is 0.153 e. The Morgan fingerprint density at radius 3 is 2.53 bits per heavy atom. The van der Waals surface area contributed by atoms with E-state index < -0.39 is 9.84 Å². The lowest BCUT2D eigenvalue weighted by atomic mass is 10.2. The predicted molar refractivity (Wildman–Crippen MR) is 80.7 cm³/mol. The number of benzene rings is 1. The van der Waals surface area contributed by atoms with Crippen LogP contribution in [0.5, 0.6) is 0 Å². The summed E-state index contributed by atoms with van der Waals surface area (Å²) in [6.45, 7) is 7.60. The lowest BCUT2D eigenvalue weighted by molar-refractivity contribution is 0.296. The lowest BCUT2D eigenvalue weighted by Gasteiger charge is -2.21. The van der Waals surface area contributed by atoms with Crippen LogP contribution in [0.25, 0.3) is 0 Å². The van der Waals surface area contributed by atoms with Crippen molar-refractivity contribution < 1.29 is 8.42 Å². The van der Waals surface area contributed by atoms with E-state index in [0.29, 0.717) is 6.54 Å². The van der Waals surface area contributed by atoms with Gasteiger partial charge in [0.2, 0.25) is 0 Å². The second-order valence-corrected chi connectivity index (χ2v) is 7.71. The minimum atomic E-state index is -2.97. The first-order valence-electron chi connectivity index (χ1n) is 6.63. The van der Waals surface area contributed by atoms with Gasteiger partial charge in [0.25, 0.3) is 0 Å². The molecule has 4 nitrogen and oxygen atoms in total. The van der Waals surface area contributed by atoms with Gasteiger partial charge in [0.05, 0.1) is 11.0 Å². The van der Waals surface area contributed by atoms with Crippen LogP contribution in [0.3, 0.4) is 0 Å². The number of sulfone groups is 1. The first-order chi connectivity index (χ1) is 8.85. The van der Waals surface area contributed by atoms with Gasteiger partial charge in [-0.1, -0.05) is 19.1 Å². The molecule has 1 aromatic rings. The molecule has 0 aromatic heterocycles. The molecule has 0 fully saturated rings. The Morgan fingerprint density at radius 1 is 1.32 bits per heavy atom. The van der Waals surface area contributed by atoms with E-state index >= 15 is 0 Å². The Balaban J connectivity index is 2.60. The highest BCUT2D eigenvalue weighted by molar-refractivity contribution is 7.92. The minimum absolute atomic E-state index is 0.209. The standard InChI is InChI=1S/C14H24N2O2S/c1-4-16(8-9-19(17,18)12(2)3)11-13-6-5-7-14(15)10-13/h5-7,10,12H,4,8-9,11,15H2,1-3H3. The van der Waals surface area contributed by atoms with Gasteiger partial charge in [-0.05, 0) is 38.1 Å². The molecule has 2 N–H and O–H groups in total. The highest BCUT2D eigenvalue weighted by Crippen LogP contribution is 2.10. The Labute approximate surface area is 116 Å². The minimum Gasteiger partial charge on any atom is -0.399 e. The van der Waals surface area contributed by atoms with Crippen molar-refractivity contribution in [2.24, 2.45) is 0 Å². The van der Waals surface area contributed by atoms with Gasteiger partial charge < -0.3 is 5.73 Å². The second-order valence-electron chi connectivity index (χ2n) is 5.03. The van der Waals surface area contributed by atoms with E-state index in [-0.39, 0.29) is 11.0 Å². The van der Waals surface area contributed by atoms with Crippen LogP contribution < -0.4 is 5.73 Å². The van der Waals surface area contributed by atoms with E-state index in [4.69, 9.17) is 5.73 Å². The number of hydrogen-bond acceptors (Lipinski definition) is 4. The average molecular weight is 284 g/mol. The maximum absolute atomic E-state index is 11.8. The third-order valence-corrected chi connectivity index (χ3v) is 5.40. The molecule has 0 atom stereocenters. The third-order valence-electron chi connectivity index (χ3n) is 3.21. The molecular formula is C14H24N2O2S. The summed E-state index contributed by atoms with van der Waals surface area (Å²) in [6.07, 6.45) is 0. The summed E-state index contributed by atoms with van der Waals surface area (Å²) in [4.78, 5) is 2.12. The number of nitrogen functional groups attached to an aromatic ring is 1. The van der Waals surface area contributed by atoms with E-state index in [1.807, 2.05) is 31.2 Å². The number of nitrogens with zero attached hydrogens (tertiary/aromatic N) is 1. The highest BCUT2D eigenvalue weighted by atomic mass is 32.2. The number of anilines is 1. The van der Waals surface area contributed by atoms with Crippen molar-refractivity contribution >= 4 is 15.5 Å². The van der Waals surface area contributed by atoms with Crippen LogP contribution in [0, 0.1) is 0 Å². The first kappa shape index (κ1) is 16.0. The predicted octanol–water partition coefficient (Wildman–Crippen LogP) is 1.91. The topological polar surface area (TPSA) is 63.4 Å². The average Bonchev–Trinajstić information content (AvgIpc) is 2.34. The largest absolute Gasteiger partial charge is 0.399 e. The summed E-state index contributed by atoms with van der Waals surface area (Å²) < 4.78 is 23.6. The maximum atomic E-state index is 11.8. The van der Waals surface area contributed by atoms with E-state index in [2.05, 4.69) is 4.90 Å². The first-order valence-corrected chi connectivity index (χ1v) is 8.35. The SMILES string of the molecule is CCN(CCS(=O)(=O)C(C)C)Cc1cccc(N)c1. The summed E-state index contributed by atoms with van der Waals surface area (Å²) in [5.41, 5.74) is 7.60. The normalized spacial score (nSPS) is 12.3. The van der Waals surface area contributed by atoms with Crippen LogP contribution in [0.15, 0.2) is 24.3 Å². The van der Waals surface area contributed by atoms with Gasteiger partial charge in [-0.15, -0.1) is 0 Å². The summed E-state index contributed by atoms with van der Waals surface area (Å²) in [5.74, 6) is 0.209. The molecule has 0 aliphatic rings. The van der Waals surface area contributed by atoms with Crippen LogP contribution in [-0.4, -0.2) is 37.4 Å². The quantitative estimate of drug-likeness (QED) is 0.777. The fourth-order valence-corrected chi connectivity index (χ4v) is 2.77. The summed E-state index contributed by atoms with van der Waals surface area (Å²) in [5, 5.41) is -0.307. The van der Waals surface area contributed by atoms with Crippen LogP contribution >= 0.6 is 0 Å². The monoisotopic (exact) mass is 284 g/mol. The number of rotatable bonds is 7. The van der Waals surface area contributed by atoms with Crippen molar-refractivity contribution in [3.63, 3.8) is 0 Å². The Bertz CT molecular complexity index is 498. The van der Waals surface area contributed by atoms with Crippen molar-refractivity contribution in [2.45, 2.75) is 32.6 Å². The van der Waals surface area contributed by atoms with Gasteiger partial charge in [0, 0.05) is 18.8 Å². The number of hydrogen-bond donors (Lipinski definition) is 1. The molecule has 0 heterocycles. The molecule has 0 unspecified atom stereocenters. The van der Waals surface area contributed by atoms with Gasteiger partial charge in [0.1, 0.15) is 0 Å². The fourth-order valence-electron chi connectivity index (χ4n) is 1.79.